The van der Waals surface area contributed by atoms with Crippen LogP contribution in [0.5, 0.6) is 11.5 Å². The predicted molar refractivity (Wildman–Crippen MR) is 107 cm³/mol. The fourth-order valence-corrected chi connectivity index (χ4v) is 2.53. The molecule has 2 N–H and O–H groups in total. The average molecular weight is 394 g/mol. The molecular weight excluding hydrogens is 378 g/mol. The minimum absolute atomic E-state index is 0.238. The Morgan fingerprint density at radius 1 is 0.893 bits per heavy atom. The second-order valence-corrected chi connectivity index (χ2v) is 6.25. The zero-order chi connectivity index (χ0) is 19.9. The molecule has 3 aromatic carbocycles. The average Bonchev–Trinajstić information content (AvgIpc) is 2.70. The highest BCUT2D eigenvalue weighted by Crippen LogP contribution is 2.24. The van der Waals surface area contributed by atoms with Crippen LogP contribution < -0.4 is 10.1 Å². The summed E-state index contributed by atoms with van der Waals surface area (Å²) in [5.41, 5.74) is 0.698. The molecule has 0 bridgehead atoms. The first-order valence-electron chi connectivity index (χ1n) is 8.36. The van der Waals surface area contributed by atoms with Gasteiger partial charge in [0.15, 0.2) is 0 Å². The summed E-state index contributed by atoms with van der Waals surface area (Å²) in [6.45, 7) is 0. The summed E-state index contributed by atoms with van der Waals surface area (Å²) in [7, 11) is 0. The molecule has 3 aromatic rings. The number of nitrogens with one attached hydrogen (secondary N) is 1. The number of amides is 1. The summed E-state index contributed by atoms with van der Waals surface area (Å²) in [5.74, 6) is -0.618. The third-order valence-electron chi connectivity index (χ3n) is 3.73. The number of rotatable bonds is 6. The van der Waals surface area contributed by atoms with Gasteiger partial charge in [-0.2, -0.15) is 0 Å². The van der Waals surface area contributed by atoms with Crippen LogP contribution in [0.3, 0.4) is 0 Å². The lowest BCUT2D eigenvalue weighted by atomic mass is 10.1. The van der Waals surface area contributed by atoms with Crippen LogP contribution in [0.2, 0.25) is 5.02 Å². The first-order chi connectivity index (χ1) is 13.5. The van der Waals surface area contributed by atoms with Gasteiger partial charge in [0.2, 0.25) is 0 Å². The van der Waals surface area contributed by atoms with Crippen LogP contribution in [0.25, 0.3) is 6.08 Å². The molecule has 0 spiro atoms. The molecule has 0 radical (unpaired) electrons. The van der Waals surface area contributed by atoms with Crippen molar-refractivity contribution >= 4 is 29.6 Å². The van der Waals surface area contributed by atoms with Crippen LogP contribution in [-0.2, 0) is 4.79 Å². The van der Waals surface area contributed by atoms with Gasteiger partial charge in [-0.3, -0.25) is 4.79 Å². The number of carboxylic acid groups (broad SMARTS) is 1. The summed E-state index contributed by atoms with van der Waals surface area (Å²) < 4.78 is 5.74. The molecule has 5 nitrogen and oxygen atoms in total. The Morgan fingerprint density at radius 3 is 2.29 bits per heavy atom. The van der Waals surface area contributed by atoms with Crippen LogP contribution in [0.1, 0.15) is 15.9 Å². The molecule has 0 heterocycles. The quantitative estimate of drug-likeness (QED) is 0.578. The molecular formula is C22H16ClNO4. The van der Waals surface area contributed by atoms with Gasteiger partial charge in [-0.15, -0.1) is 0 Å². The first-order valence-corrected chi connectivity index (χ1v) is 8.74. The number of aliphatic carboxylic acids is 1. The van der Waals surface area contributed by atoms with Crippen LogP contribution >= 0.6 is 11.6 Å². The van der Waals surface area contributed by atoms with E-state index >= 15 is 0 Å². The van der Waals surface area contributed by atoms with Gasteiger partial charge in [0.1, 0.15) is 17.2 Å². The Morgan fingerprint density at radius 2 is 1.61 bits per heavy atom. The molecule has 0 aliphatic carbocycles. The molecule has 0 aromatic heterocycles. The molecule has 1 amide bonds. The number of carbonyl (C=O) groups excluding carboxylic acids is 1. The van der Waals surface area contributed by atoms with Gasteiger partial charge in [0.05, 0.1) is 0 Å². The minimum atomic E-state index is -1.24. The molecule has 6 heteroatoms. The maximum absolute atomic E-state index is 12.2. The van der Waals surface area contributed by atoms with Crippen molar-refractivity contribution in [2.45, 2.75) is 0 Å². The number of benzene rings is 3. The molecule has 0 atom stereocenters. The summed E-state index contributed by atoms with van der Waals surface area (Å²) >= 11 is 5.86. The molecule has 3 rings (SSSR count). The fourth-order valence-electron chi connectivity index (χ4n) is 2.41. The number of carboxylic acids is 1. The second-order valence-electron chi connectivity index (χ2n) is 5.81. The molecule has 0 saturated heterocycles. The smallest absolute Gasteiger partial charge is 0.352 e. The van der Waals surface area contributed by atoms with Gasteiger partial charge in [0.25, 0.3) is 5.91 Å². The normalized spacial score (nSPS) is 11.0. The van der Waals surface area contributed by atoms with Crippen LogP contribution in [0.4, 0.5) is 0 Å². The van der Waals surface area contributed by atoms with Gasteiger partial charge in [0, 0.05) is 10.6 Å². The monoisotopic (exact) mass is 393 g/mol. The second kappa shape index (κ2) is 8.88. The Balaban J connectivity index is 1.80. The van der Waals surface area contributed by atoms with Gasteiger partial charge >= 0.3 is 5.97 Å². The van der Waals surface area contributed by atoms with E-state index in [1.54, 1.807) is 78.9 Å². The van der Waals surface area contributed by atoms with E-state index in [0.717, 1.165) is 0 Å². The number of carbonyl (C=O) groups is 2. The number of hydrogen-bond donors (Lipinski definition) is 2. The van der Waals surface area contributed by atoms with Gasteiger partial charge in [-0.25, -0.2) is 4.79 Å². The van der Waals surface area contributed by atoms with Crippen LogP contribution in [-0.4, -0.2) is 17.0 Å². The fraction of sp³-hybridized carbons (Fsp3) is 0. The van der Waals surface area contributed by atoms with Crippen molar-refractivity contribution in [2.75, 3.05) is 0 Å². The lowest BCUT2D eigenvalue weighted by Crippen LogP contribution is -2.27. The van der Waals surface area contributed by atoms with Gasteiger partial charge < -0.3 is 15.2 Å². The van der Waals surface area contributed by atoms with E-state index in [9.17, 15) is 14.7 Å². The highest BCUT2D eigenvalue weighted by Gasteiger charge is 2.13. The number of ether oxygens (including phenoxy) is 1. The van der Waals surface area contributed by atoms with E-state index in [2.05, 4.69) is 5.32 Å². The van der Waals surface area contributed by atoms with Crippen molar-refractivity contribution < 1.29 is 19.4 Å². The van der Waals surface area contributed by atoms with Gasteiger partial charge in [-0.1, -0.05) is 41.9 Å². The Labute approximate surface area is 166 Å². The molecule has 0 unspecified atom stereocenters. The zero-order valence-electron chi connectivity index (χ0n) is 14.6. The molecule has 140 valence electrons. The van der Waals surface area contributed by atoms with E-state index in [1.165, 1.54) is 6.08 Å². The lowest BCUT2D eigenvalue weighted by Gasteiger charge is -2.08. The molecule has 0 fully saturated rings. The topological polar surface area (TPSA) is 75.6 Å². The van der Waals surface area contributed by atoms with E-state index in [4.69, 9.17) is 16.3 Å². The Hall–Kier alpha value is -3.57. The van der Waals surface area contributed by atoms with Crippen molar-refractivity contribution in [1.29, 1.82) is 0 Å². The van der Waals surface area contributed by atoms with Gasteiger partial charge in [-0.05, 0) is 60.2 Å². The maximum atomic E-state index is 12.2. The largest absolute Gasteiger partial charge is 0.477 e. The van der Waals surface area contributed by atoms with Crippen molar-refractivity contribution in [1.82, 2.24) is 5.32 Å². The molecule has 0 saturated carbocycles. The SMILES string of the molecule is O=C(O)/C(=C/c1cccc(Oc2ccc(Cl)cc2)c1)NC(=O)c1ccccc1. The summed E-state index contributed by atoms with van der Waals surface area (Å²) in [4.78, 5) is 23.8. The van der Waals surface area contributed by atoms with Crippen molar-refractivity contribution in [3.63, 3.8) is 0 Å². The number of halogens is 1. The Kier molecular flexibility index (Phi) is 6.09. The first kappa shape index (κ1) is 19.2. The highest BCUT2D eigenvalue weighted by atomic mass is 35.5. The van der Waals surface area contributed by atoms with Crippen molar-refractivity contribution in [3.8, 4) is 11.5 Å². The predicted octanol–water partition coefficient (Wildman–Crippen LogP) is 4.99. The standard InChI is InChI=1S/C22H16ClNO4/c23-17-9-11-18(12-10-17)28-19-8-4-5-15(13-19)14-20(22(26)27)24-21(25)16-6-2-1-3-7-16/h1-14H,(H,24,25)(H,26,27)/b20-14-. The summed E-state index contributed by atoms with van der Waals surface area (Å²) in [6.07, 6.45) is 1.37. The molecule has 28 heavy (non-hydrogen) atoms. The van der Waals surface area contributed by atoms with E-state index in [0.29, 0.717) is 27.6 Å². The maximum Gasteiger partial charge on any atom is 0.352 e. The summed E-state index contributed by atoms with van der Waals surface area (Å²) in [6, 6.07) is 22.1. The highest BCUT2D eigenvalue weighted by molar-refractivity contribution is 6.30. The van der Waals surface area contributed by atoms with E-state index < -0.39 is 11.9 Å². The molecule has 0 aliphatic rings. The third-order valence-corrected chi connectivity index (χ3v) is 3.98. The lowest BCUT2D eigenvalue weighted by molar-refractivity contribution is -0.132. The van der Waals surface area contributed by atoms with Crippen LogP contribution in [0.15, 0.2) is 84.6 Å². The van der Waals surface area contributed by atoms with E-state index in [-0.39, 0.29) is 5.70 Å². The zero-order valence-corrected chi connectivity index (χ0v) is 15.4. The third kappa shape index (κ3) is 5.22. The van der Waals surface area contributed by atoms with Crippen molar-refractivity contribution in [2.24, 2.45) is 0 Å². The van der Waals surface area contributed by atoms with Crippen LogP contribution in [0, 0.1) is 0 Å². The Bertz CT molecular complexity index is 1010. The molecule has 0 aliphatic heterocycles. The van der Waals surface area contributed by atoms with E-state index in [1.807, 2.05) is 0 Å². The summed E-state index contributed by atoms with van der Waals surface area (Å²) in [5, 5.41) is 12.5. The van der Waals surface area contributed by atoms with Crippen molar-refractivity contribution in [3.05, 3.63) is 101 Å². The minimum Gasteiger partial charge on any atom is -0.477 e. The number of hydrogen-bond acceptors (Lipinski definition) is 3.